The number of carbonyl (C=O) groups is 1. The summed E-state index contributed by atoms with van der Waals surface area (Å²) in [5.74, 6) is -0.140. The van der Waals surface area contributed by atoms with Gasteiger partial charge >= 0.3 is 0 Å². The lowest BCUT2D eigenvalue weighted by atomic mass is 10.1. The van der Waals surface area contributed by atoms with Crippen LogP contribution in [-0.4, -0.2) is 32.0 Å². The zero-order valence-electron chi connectivity index (χ0n) is 13.5. The van der Waals surface area contributed by atoms with E-state index >= 15 is 0 Å². The molecular weight excluding hydrogens is 290 g/mol. The van der Waals surface area contributed by atoms with Gasteiger partial charge in [-0.25, -0.2) is 9.50 Å². The molecule has 0 aliphatic carbocycles. The van der Waals surface area contributed by atoms with Crippen LogP contribution < -0.4 is 5.32 Å². The molecule has 0 bridgehead atoms. The summed E-state index contributed by atoms with van der Waals surface area (Å²) in [5.41, 5.74) is 5.09. The molecule has 0 aromatic carbocycles. The molecule has 3 aromatic rings. The maximum Gasteiger partial charge on any atom is 0.254 e. The number of carbonyl (C=O) groups excluding carboxylic acids is 1. The number of nitrogens with one attached hydrogen (secondary N) is 1. The lowest BCUT2D eigenvalue weighted by molar-refractivity contribution is 0.0952. The van der Waals surface area contributed by atoms with Gasteiger partial charge in [-0.2, -0.15) is 5.10 Å². The molecule has 3 aromatic heterocycles. The highest BCUT2D eigenvalue weighted by Gasteiger charge is 2.13. The van der Waals surface area contributed by atoms with Gasteiger partial charge in [0, 0.05) is 37.1 Å². The van der Waals surface area contributed by atoms with Crippen molar-refractivity contribution in [3.8, 4) is 0 Å². The van der Waals surface area contributed by atoms with Crippen LogP contribution in [0.1, 0.15) is 33.0 Å². The van der Waals surface area contributed by atoms with Gasteiger partial charge in [-0.05, 0) is 32.4 Å². The molecule has 0 aliphatic heterocycles. The van der Waals surface area contributed by atoms with Crippen molar-refractivity contribution in [2.24, 2.45) is 0 Å². The van der Waals surface area contributed by atoms with Crippen LogP contribution >= 0.6 is 0 Å². The van der Waals surface area contributed by atoms with Crippen LogP contribution in [0.5, 0.6) is 0 Å². The van der Waals surface area contributed by atoms with Crippen molar-refractivity contribution in [3.63, 3.8) is 0 Å². The zero-order chi connectivity index (χ0) is 16.4. The van der Waals surface area contributed by atoms with Crippen molar-refractivity contribution in [2.75, 3.05) is 6.54 Å². The Kier molecular flexibility index (Phi) is 4.06. The first-order valence-corrected chi connectivity index (χ1v) is 7.57. The van der Waals surface area contributed by atoms with Gasteiger partial charge in [-0.15, -0.1) is 0 Å². The Balaban J connectivity index is 1.71. The summed E-state index contributed by atoms with van der Waals surface area (Å²) < 4.78 is 1.70. The summed E-state index contributed by atoms with van der Waals surface area (Å²) in [6.45, 7) is 6.33. The van der Waals surface area contributed by atoms with Crippen LogP contribution in [0.15, 0.2) is 30.6 Å². The van der Waals surface area contributed by atoms with Crippen LogP contribution in [0.3, 0.4) is 0 Å². The number of aromatic nitrogens is 4. The summed E-state index contributed by atoms with van der Waals surface area (Å²) in [6, 6.07) is 5.82. The largest absolute Gasteiger partial charge is 0.352 e. The number of nitrogens with zero attached hydrogens (tertiary/aromatic N) is 4. The van der Waals surface area contributed by atoms with Crippen molar-refractivity contribution < 1.29 is 4.79 Å². The molecular formula is C17H19N5O. The molecule has 0 saturated carbocycles. The topological polar surface area (TPSA) is 72.2 Å². The fourth-order valence-corrected chi connectivity index (χ4v) is 2.56. The van der Waals surface area contributed by atoms with E-state index in [4.69, 9.17) is 0 Å². The second-order valence-electron chi connectivity index (χ2n) is 5.59. The van der Waals surface area contributed by atoms with E-state index in [9.17, 15) is 4.79 Å². The van der Waals surface area contributed by atoms with Gasteiger partial charge < -0.3 is 5.32 Å². The maximum absolute atomic E-state index is 12.4. The minimum atomic E-state index is -0.140. The van der Waals surface area contributed by atoms with Gasteiger partial charge in [-0.1, -0.05) is 6.07 Å². The van der Waals surface area contributed by atoms with Gasteiger partial charge in [0.05, 0.1) is 17.0 Å². The Bertz CT molecular complexity index is 869. The number of hydrogen-bond acceptors (Lipinski definition) is 4. The van der Waals surface area contributed by atoms with E-state index in [1.807, 2.05) is 39.0 Å². The molecule has 0 radical (unpaired) electrons. The van der Waals surface area contributed by atoms with E-state index in [0.29, 0.717) is 18.5 Å². The number of amides is 1. The molecule has 6 heteroatoms. The Morgan fingerprint density at radius 3 is 2.87 bits per heavy atom. The molecule has 3 rings (SSSR count). The molecule has 0 unspecified atom stereocenters. The van der Waals surface area contributed by atoms with E-state index < -0.39 is 0 Å². The third-order valence-corrected chi connectivity index (χ3v) is 3.86. The smallest absolute Gasteiger partial charge is 0.254 e. The summed E-state index contributed by atoms with van der Waals surface area (Å²) in [5, 5.41) is 7.29. The molecule has 118 valence electrons. The lowest BCUT2D eigenvalue weighted by Gasteiger charge is -2.09. The minimum Gasteiger partial charge on any atom is -0.352 e. The quantitative estimate of drug-likeness (QED) is 0.800. The fraction of sp³-hybridized carbons (Fsp3) is 0.294. The van der Waals surface area contributed by atoms with Crippen LogP contribution in [0, 0.1) is 20.8 Å². The van der Waals surface area contributed by atoms with Gasteiger partial charge in [0.15, 0.2) is 5.65 Å². The molecule has 0 spiro atoms. The van der Waals surface area contributed by atoms with Crippen molar-refractivity contribution in [2.45, 2.75) is 27.2 Å². The van der Waals surface area contributed by atoms with Crippen molar-refractivity contribution in [3.05, 3.63) is 58.8 Å². The first-order chi connectivity index (χ1) is 11.1. The molecule has 6 nitrogen and oxygen atoms in total. The highest BCUT2D eigenvalue weighted by molar-refractivity contribution is 5.95. The fourth-order valence-electron chi connectivity index (χ4n) is 2.56. The summed E-state index contributed by atoms with van der Waals surface area (Å²) in [6.07, 6.45) is 4.08. The third kappa shape index (κ3) is 3.06. The molecule has 1 N–H and O–H groups in total. The number of aryl methyl sites for hydroxylation is 3. The third-order valence-electron chi connectivity index (χ3n) is 3.86. The van der Waals surface area contributed by atoms with E-state index in [1.54, 1.807) is 16.9 Å². The first-order valence-electron chi connectivity index (χ1n) is 7.57. The van der Waals surface area contributed by atoms with Crippen LogP contribution in [0.25, 0.3) is 5.65 Å². The molecule has 0 saturated heterocycles. The second-order valence-corrected chi connectivity index (χ2v) is 5.59. The average Bonchev–Trinajstić information content (AvgIpc) is 2.91. The highest BCUT2D eigenvalue weighted by atomic mass is 16.1. The summed E-state index contributed by atoms with van der Waals surface area (Å²) >= 11 is 0. The Morgan fingerprint density at radius 1 is 1.26 bits per heavy atom. The SMILES string of the molecule is Cc1cc2ncc(C(=O)NCCc3ncccc3C)c(C)n2n1. The highest BCUT2D eigenvalue weighted by Crippen LogP contribution is 2.11. The van der Waals surface area contributed by atoms with Crippen molar-refractivity contribution in [1.82, 2.24) is 24.9 Å². The normalized spacial score (nSPS) is 10.9. The minimum absolute atomic E-state index is 0.140. The monoisotopic (exact) mass is 309 g/mol. The first kappa shape index (κ1) is 15.1. The molecule has 23 heavy (non-hydrogen) atoms. The molecule has 1 amide bonds. The molecule has 0 fully saturated rings. The summed E-state index contributed by atoms with van der Waals surface area (Å²) in [7, 11) is 0. The van der Waals surface area contributed by atoms with Gasteiger partial charge in [0.2, 0.25) is 0 Å². The lowest BCUT2D eigenvalue weighted by Crippen LogP contribution is -2.27. The van der Waals surface area contributed by atoms with Gasteiger partial charge in [0.1, 0.15) is 0 Å². The number of pyridine rings is 1. The number of fused-ring (bicyclic) bond motifs is 1. The average molecular weight is 309 g/mol. The molecule has 0 aliphatic rings. The number of hydrogen-bond donors (Lipinski definition) is 1. The Hall–Kier alpha value is -2.76. The van der Waals surface area contributed by atoms with E-state index in [1.165, 1.54) is 0 Å². The van der Waals surface area contributed by atoms with Crippen molar-refractivity contribution >= 4 is 11.6 Å². The maximum atomic E-state index is 12.4. The second kappa shape index (κ2) is 6.16. The zero-order valence-corrected chi connectivity index (χ0v) is 13.5. The van der Waals surface area contributed by atoms with Crippen LogP contribution in [0.4, 0.5) is 0 Å². The predicted molar refractivity (Wildman–Crippen MR) is 87.5 cm³/mol. The predicted octanol–water partition coefficient (Wildman–Crippen LogP) is 2.02. The summed E-state index contributed by atoms with van der Waals surface area (Å²) in [4.78, 5) is 21.0. The van der Waals surface area contributed by atoms with Crippen LogP contribution in [-0.2, 0) is 6.42 Å². The standard InChI is InChI=1S/C17H19N5O/c1-11-5-4-7-18-15(11)6-8-19-17(23)14-10-20-16-9-12(2)21-22(16)13(14)3/h4-5,7,9-10H,6,8H2,1-3H3,(H,19,23). The Morgan fingerprint density at radius 2 is 2.09 bits per heavy atom. The number of rotatable bonds is 4. The molecule has 0 atom stereocenters. The van der Waals surface area contributed by atoms with Crippen LogP contribution in [0.2, 0.25) is 0 Å². The molecule has 3 heterocycles. The van der Waals surface area contributed by atoms with E-state index in [0.717, 1.165) is 28.3 Å². The Labute approximate surface area is 134 Å². The van der Waals surface area contributed by atoms with Crippen molar-refractivity contribution in [1.29, 1.82) is 0 Å². The van der Waals surface area contributed by atoms with E-state index in [-0.39, 0.29) is 5.91 Å². The van der Waals surface area contributed by atoms with Gasteiger partial charge in [-0.3, -0.25) is 9.78 Å². The van der Waals surface area contributed by atoms with Gasteiger partial charge in [0.25, 0.3) is 5.91 Å². The van der Waals surface area contributed by atoms with E-state index in [2.05, 4.69) is 20.4 Å².